The summed E-state index contributed by atoms with van der Waals surface area (Å²) in [6.07, 6.45) is 0. The maximum absolute atomic E-state index is 4.00. The van der Waals surface area contributed by atoms with Crippen LogP contribution in [0.3, 0.4) is 0 Å². The van der Waals surface area contributed by atoms with Crippen LogP contribution in [0.4, 0.5) is 0 Å². The summed E-state index contributed by atoms with van der Waals surface area (Å²) in [6, 6.07) is 0. The maximum atomic E-state index is 4.00. The first-order valence-corrected chi connectivity index (χ1v) is 0.333. The Hall–Kier alpha value is 0.503. The zero-order valence-electron chi connectivity index (χ0n) is 1.99. The molecule has 0 atom stereocenters. The zero-order chi connectivity index (χ0) is 2.00. The van der Waals surface area contributed by atoms with Crippen LogP contribution in [0.25, 0.3) is 0 Å². The van der Waals surface area contributed by atoms with Gasteiger partial charge in [0, 0.05) is 19.5 Å². The van der Waals surface area contributed by atoms with Gasteiger partial charge in [-0.2, -0.15) is 0 Å². The molecular formula is H6N2ORh. The first-order chi connectivity index (χ1) is 1.00. The molecule has 0 aromatic carbocycles. The van der Waals surface area contributed by atoms with Crippen molar-refractivity contribution in [1.82, 2.24) is 0 Å². The maximum Gasteiger partial charge on any atom is 0 e. The van der Waals surface area contributed by atoms with Gasteiger partial charge >= 0.3 is 0 Å². The normalized spacial score (nSPS) is 1.50. The van der Waals surface area contributed by atoms with Crippen LogP contribution in [-0.2, 0) is 19.5 Å². The van der Waals surface area contributed by atoms with Crippen molar-refractivity contribution in [2.24, 2.45) is 11.7 Å². The molecule has 0 fully saturated rings. The monoisotopic (exact) mass is 153 g/mol. The molecule has 0 bridgehead atoms. The van der Waals surface area contributed by atoms with E-state index in [1.807, 2.05) is 0 Å². The molecule has 6 N–H and O–H groups in total. The van der Waals surface area contributed by atoms with Crippen molar-refractivity contribution in [3.63, 3.8) is 0 Å². The summed E-state index contributed by atoms with van der Waals surface area (Å²) in [5.41, 5.74) is 0. The summed E-state index contributed by atoms with van der Waals surface area (Å²) in [7, 11) is 0. The molecule has 31 valence electrons. The molecule has 1 radical (unpaired) electrons. The summed E-state index contributed by atoms with van der Waals surface area (Å²) in [6.45, 7) is 0. The Balaban J connectivity index is -0.00000000500. The SMILES string of the molecule is NN.O.[Rh]. The number of hydrazine groups is 1. The van der Waals surface area contributed by atoms with E-state index in [1.54, 1.807) is 0 Å². The van der Waals surface area contributed by atoms with Crippen molar-refractivity contribution in [3.05, 3.63) is 0 Å². The van der Waals surface area contributed by atoms with E-state index in [-0.39, 0.29) is 25.0 Å². The summed E-state index contributed by atoms with van der Waals surface area (Å²) >= 11 is 0. The summed E-state index contributed by atoms with van der Waals surface area (Å²) in [5, 5.41) is 0. The van der Waals surface area contributed by atoms with Crippen LogP contribution in [0.1, 0.15) is 0 Å². The molecule has 0 saturated carbocycles. The average Bonchev–Trinajstić information content (AvgIpc) is 1.00. The van der Waals surface area contributed by atoms with E-state index in [9.17, 15) is 0 Å². The molecule has 0 amide bonds. The summed E-state index contributed by atoms with van der Waals surface area (Å²) < 4.78 is 0. The third kappa shape index (κ3) is 22.3. The van der Waals surface area contributed by atoms with E-state index >= 15 is 0 Å². The van der Waals surface area contributed by atoms with Crippen molar-refractivity contribution in [2.45, 2.75) is 0 Å². The third-order valence-electron chi connectivity index (χ3n) is 0. The number of hydrogen-bond donors (Lipinski definition) is 2. The van der Waals surface area contributed by atoms with Gasteiger partial charge in [-0.1, -0.05) is 0 Å². The minimum absolute atomic E-state index is 0. The van der Waals surface area contributed by atoms with Crippen molar-refractivity contribution < 1.29 is 25.0 Å². The number of rotatable bonds is 0. The largest absolute Gasteiger partial charge is 0.412 e. The van der Waals surface area contributed by atoms with Crippen LogP contribution in [0.15, 0.2) is 0 Å². The van der Waals surface area contributed by atoms with Crippen LogP contribution in [0, 0.1) is 0 Å². The van der Waals surface area contributed by atoms with Crippen LogP contribution >= 0.6 is 0 Å². The van der Waals surface area contributed by atoms with Gasteiger partial charge in [-0.05, 0) is 0 Å². The van der Waals surface area contributed by atoms with Crippen molar-refractivity contribution in [2.75, 3.05) is 0 Å². The molecule has 0 aliphatic carbocycles. The van der Waals surface area contributed by atoms with E-state index in [1.165, 1.54) is 0 Å². The smallest absolute Gasteiger partial charge is 0 e. The molecule has 0 rings (SSSR count). The Labute approximate surface area is 37.4 Å². The topological polar surface area (TPSA) is 83.5 Å². The van der Waals surface area contributed by atoms with Gasteiger partial charge in [-0.25, -0.2) is 0 Å². The first-order valence-electron chi connectivity index (χ1n) is 0.333. The van der Waals surface area contributed by atoms with E-state index in [4.69, 9.17) is 0 Å². The average molecular weight is 153 g/mol. The minimum Gasteiger partial charge on any atom is -0.412 e. The van der Waals surface area contributed by atoms with Gasteiger partial charge in [0.25, 0.3) is 0 Å². The fourth-order valence-electron chi connectivity index (χ4n) is 0. The van der Waals surface area contributed by atoms with Crippen LogP contribution in [0.2, 0.25) is 0 Å². The van der Waals surface area contributed by atoms with Gasteiger partial charge in [0.15, 0.2) is 0 Å². The Bertz CT molecular complexity index is 6.00. The molecule has 0 aromatic heterocycles. The molecule has 4 heavy (non-hydrogen) atoms. The quantitative estimate of drug-likeness (QED) is 0.239. The molecule has 0 heterocycles. The molecule has 0 aromatic rings. The Morgan fingerprint density at radius 2 is 1.00 bits per heavy atom. The molecule has 0 aliphatic rings. The van der Waals surface area contributed by atoms with Crippen molar-refractivity contribution in [1.29, 1.82) is 0 Å². The Kier molecular flexibility index (Phi) is 530. The Morgan fingerprint density at radius 1 is 1.00 bits per heavy atom. The minimum atomic E-state index is 0. The van der Waals surface area contributed by atoms with E-state index < -0.39 is 0 Å². The second-order valence-electron chi connectivity index (χ2n) is 0. The molecule has 4 heteroatoms. The van der Waals surface area contributed by atoms with Gasteiger partial charge < -0.3 is 5.48 Å². The third-order valence-corrected chi connectivity index (χ3v) is 0. The predicted molar refractivity (Wildman–Crippen MR) is 12.0 cm³/mol. The second-order valence-corrected chi connectivity index (χ2v) is 0. The van der Waals surface area contributed by atoms with Gasteiger partial charge in [0.2, 0.25) is 0 Å². The van der Waals surface area contributed by atoms with E-state index in [0.717, 1.165) is 0 Å². The Morgan fingerprint density at radius 3 is 1.00 bits per heavy atom. The second kappa shape index (κ2) is 86.6. The summed E-state index contributed by atoms with van der Waals surface area (Å²) in [5.74, 6) is 8.00. The fourth-order valence-corrected chi connectivity index (χ4v) is 0. The number of nitrogens with two attached hydrogens (primary N) is 2. The molecule has 3 nitrogen and oxygen atoms in total. The molecule has 0 spiro atoms. The number of hydrogen-bond acceptors (Lipinski definition) is 2. The van der Waals surface area contributed by atoms with Crippen LogP contribution < -0.4 is 11.7 Å². The molecule has 0 saturated heterocycles. The van der Waals surface area contributed by atoms with E-state index in [2.05, 4.69) is 11.7 Å². The van der Waals surface area contributed by atoms with Gasteiger partial charge in [0.1, 0.15) is 0 Å². The van der Waals surface area contributed by atoms with Gasteiger partial charge in [0.05, 0.1) is 0 Å². The van der Waals surface area contributed by atoms with Crippen LogP contribution in [-0.4, -0.2) is 5.48 Å². The first kappa shape index (κ1) is 24.5. The molecular weight excluding hydrogens is 147 g/mol. The van der Waals surface area contributed by atoms with Crippen molar-refractivity contribution in [3.8, 4) is 0 Å². The van der Waals surface area contributed by atoms with E-state index in [0.29, 0.717) is 0 Å². The predicted octanol–water partition coefficient (Wildman–Crippen LogP) is -2.01. The zero-order valence-corrected chi connectivity index (χ0v) is 3.63. The molecule has 0 unspecified atom stereocenters. The van der Waals surface area contributed by atoms with Gasteiger partial charge in [-0.3, -0.25) is 11.7 Å². The van der Waals surface area contributed by atoms with Crippen LogP contribution in [0.5, 0.6) is 0 Å². The van der Waals surface area contributed by atoms with Crippen molar-refractivity contribution >= 4 is 0 Å². The standard InChI is InChI=1S/H4N2.H2O.Rh/c1-2;;/h1-2H2;1H2;. The summed E-state index contributed by atoms with van der Waals surface area (Å²) in [4.78, 5) is 0. The molecule has 0 aliphatic heterocycles. The van der Waals surface area contributed by atoms with Gasteiger partial charge in [-0.15, -0.1) is 0 Å². The fraction of sp³-hybridized carbons (Fsp3) is 0.